The first-order chi connectivity index (χ1) is 10.0. The van der Waals surface area contributed by atoms with E-state index in [0.29, 0.717) is 38.1 Å². The number of aryl methyl sites for hydroxylation is 1. The van der Waals surface area contributed by atoms with E-state index in [1.165, 1.54) is 0 Å². The van der Waals surface area contributed by atoms with Crippen molar-refractivity contribution in [3.05, 3.63) is 23.7 Å². The second-order valence-corrected chi connectivity index (χ2v) is 5.75. The predicted molar refractivity (Wildman–Crippen MR) is 78.2 cm³/mol. The molecule has 1 aliphatic rings. The highest BCUT2D eigenvalue weighted by Crippen LogP contribution is 2.36. The Kier molecular flexibility index (Phi) is 4.70. The molecule has 1 aliphatic heterocycles. The monoisotopic (exact) mass is 293 g/mol. The van der Waals surface area contributed by atoms with E-state index in [1.807, 2.05) is 19.9 Å². The number of aliphatic carboxylic acids is 1. The number of likely N-dealkylation sites (tertiary alicyclic amines) is 1. The summed E-state index contributed by atoms with van der Waals surface area (Å²) in [5.41, 5.74) is -0.663. The zero-order valence-electron chi connectivity index (χ0n) is 12.7. The molecule has 1 aromatic heterocycles. The third-order valence-electron chi connectivity index (χ3n) is 4.41. The van der Waals surface area contributed by atoms with Crippen molar-refractivity contribution in [2.75, 3.05) is 13.1 Å². The van der Waals surface area contributed by atoms with Crippen molar-refractivity contribution in [3.63, 3.8) is 0 Å². The number of nitrogens with zero attached hydrogens (tertiary/aromatic N) is 1. The maximum absolute atomic E-state index is 12.4. The van der Waals surface area contributed by atoms with Crippen LogP contribution in [-0.2, 0) is 11.2 Å². The lowest BCUT2D eigenvalue weighted by atomic mass is 9.75. The summed E-state index contributed by atoms with van der Waals surface area (Å²) in [6.45, 7) is 4.93. The van der Waals surface area contributed by atoms with Crippen LogP contribution < -0.4 is 0 Å². The summed E-state index contributed by atoms with van der Waals surface area (Å²) in [6, 6.07) is 3.52. The van der Waals surface area contributed by atoms with Gasteiger partial charge in [-0.1, -0.05) is 20.3 Å². The minimum Gasteiger partial charge on any atom is -0.481 e. The average Bonchev–Trinajstić information content (AvgIpc) is 2.96. The summed E-state index contributed by atoms with van der Waals surface area (Å²) in [7, 11) is 0. The predicted octanol–water partition coefficient (Wildman–Crippen LogP) is 2.95. The molecule has 0 radical (unpaired) electrons. The number of hydrogen-bond acceptors (Lipinski definition) is 3. The molecule has 1 amide bonds. The molecule has 1 saturated heterocycles. The molecule has 0 unspecified atom stereocenters. The lowest BCUT2D eigenvalue weighted by Crippen LogP contribution is -2.46. The van der Waals surface area contributed by atoms with Crippen molar-refractivity contribution < 1.29 is 19.1 Å². The summed E-state index contributed by atoms with van der Waals surface area (Å²) >= 11 is 0. The minimum atomic E-state index is -0.734. The van der Waals surface area contributed by atoms with Gasteiger partial charge in [0, 0.05) is 19.5 Å². The molecular weight excluding hydrogens is 270 g/mol. The number of furan rings is 1. The molecule has 0 bridgehead atoms. The van der Waals surface area contributed by atoms with E-state index in [-0.39, 0.29) is 5.91 Å². The quantitative estimate of drug-likeness (QED) is 0.906. The first-order valence-electron chi connectivity index (χ1n) is 7.64. The van der Waals surface area contributed by atoms with Crippen LogP contribution in [0.5, 0.6) is 0 Å². The van der Waals surface area contributed by atoms with Crippen LogP contribution in [0, 0.1) is 5.41 Å². The van der Waals surface area contributed by atoms with E-state index in [0.717, 1.165) is 18.6 Å². The molecule has 1 fully saturated rings. The Labute approximate surface area is 124 Å². The first-order valence-corrected chi connectivity index (χ1v) is 7.64. The second kappa shape index (κ2) is 6.33. The molecule has 21 heavy (non-hydrogen) atoms. The maximum atomic E-state index is 12.4. The van der Waals surface area contributed by atoms with Gasteiger partial charge in [0.1, 0.15) is 5.76 Å². The SMILES string of the molecule is CCCC1(C(=O)O)CCN(C(=O)c2ccc(CC)o2)CC1. The molecule has 0 atom stereocenters. The summed E-state index contributed by atoms with van der Waals surface area (Å²) < 4.78 is 5.49. The van der Waals surface area contributed by atoms with Gasteiger partial charge >= 0.3 is 5.97 Å². The summed E-state index contributed by atoms with van der Waals surface area (Å²) in [5, 5.41) is 9.48. The molecule has 0 saturated carbocycles. The first kappa shape index (κ1) is 15.6. The highest BCUT2D eigenvalue weighted by atomic mass is 16.4. The third-order valence-corrected chi connectivity index (χ3v) is 4.41. The van der Waals surface area contributed by atoms with Gasteiger partial charge in [-0.15, -0.1) is 0 Å². The van der Waals surface area contributed by atoms with E-state index in [9.17, 15) is 14.7 Å². The number of carbonyl (C=O) groups excluding carboxylic acids is 1. The third kappa shape index (κ3) is 3.12. The molecule has 1 aromatic rings. The van der Waals surface area contributed by atoms with Crippen LogP contribution in [0.3, 0.4) is 0 Å². The molecule has 0 aliphatic carbocycles. The summed E-state index contributed by atoms with van der Waals surface area (Å²) in [4.78, 5) is 25.6. The molecular formula is C16H23NO4. The number of piperidine rings is 1. The highest BCUT2D eigenvalue weighted by molar-refractivity contribution is 5.91. The van der Waals surface area contributed by atoms with Gasteiger partial charge in [-0.25, -0.2) is 0 Å². The lowest BCUT2D eigenvalue weighted by molar-refractivity contribution is -0.152. The van der Waals surface area contributed by atoms with Gasteiger partial charge in [-0.2, -0.15) is 0 Å². The highest BCUT2D eigenvalue weighted by Gasteiger charge is 2.41. The zero-order valence-corrected chi connectivity index (χ0v) is 12.7. The molecule has 2 heterocycles. The standard InChI is InChI=1S/C16H23NO4/c1-3-7-16(15(19)20)8-10-17(11-9-16)14(18)13-6-5-12(4-2)21-13/h5-6H,3-4,7-11H2,1-2H3,(H,19,20). The van der Waals surface area contributed by atoms with Crippen molar-refractivity contribution in [2.45, 2.75) is 46.0 Å². The Balaban J connectivity index is 2.02. The van der Waals surface area contributed by atoms with Crippen LogP contribution in [0.25, 0.3) is 0 Å². The number of carboxylic acid groups (broad SMARTS) is 1. The second-order valence-electron chi connectivity index (χ2n) is 5.75. The van der Waals surface area contributed by atoms with Crippen LogP contribution in [-0.4, -0.2) is 35.0 Å². The molecule has 5 heteroatoms. The zero-order chi connectivity index (χ0) is 15.5. The van der Waals surface area contributed by atoms with Gasteiger partial charge in [-0.05, 0) is 31.4 Å². The number of carboxylic acids is 1. The van der Waals surface area contributed by atoms with E-state index in [4.69, 9.17) is 4.42 Å². The van der Waals surface area contributed by atoms with Gasteiger partial charge in [0.2, 0.25) is 0 Å². The molecule has 0 aromatic carbocycles. The van der Waals surface area contributed by atoms with Crippen molar-refractivity contribution in [2.24, 2.45) is 5.41 Å². The molecule has 5 nitrogen and oxygen atoms in total. The largest absolute Gasteiger partial charge is 0.481 e. The van der Waals surface area contributed by atoms with Gasteiger partial charge in [-0.3, -0.25) is 9.59 Å². The number of carbonyl (C=O) groups is 2. The minimum absolute atomic E-state index is 0.134. The normalized spacial score (nSPS) is 17.7. The fraction of sp³-hybridized carbons (Fsp3) is 0.625. The number of hydrogen-bond donors (Lipinski definition) is 1. The lowest BCUT2D eigenvalue weighted by Gasteiger charge is -2.38. The van der Waals surface area contributed by atoms with E-state index >= 15 is 0 Å². The van der Waals surface area contributed by atoms with Crippen LogP contribution in [0.4, 0.5) is 0 Å². The number of amides is 1. The van der Waals surface area contributed by atoms with E-state index in [2.05, 4.69) is 0 Å². The summed E-state index contributed by atoms with van der Waals surface area (Å²) in [5.74, 6) is 0.277. The fourth-order valence-corrected chi connectivity index (χ4v) is 3.03. The molecule has 1 N–H and O–H groups in total. The van der Waals surface area contributed by atoms with Crippen LogP contribution in [0.2, 0.25) is 0 Å². The van der Waals surface area contributed by atoms with E-state index in [1.54, 1.807) is 11.0 Å². The van der Waals surface area contributed by atoms with Crippen LogP contribution in [0.15, 0.2) is 16.5 Å². The van der Waals surface area contributed by atoms with Crippen LogP contribution in [0.1, 0.15) is 55.8 Å². The average molecular weight is 293 g/mol. The Morgan fingerprint density at radius 3 is 2.43 bits per heavy atom. The Morgan fingerprint density at radius 2 is 1.95 bits per heavy atom. The smallest absolute Gasteiger partial charge is 0.309 e. The Hall–Kier alpha value is -1.78. The van der Waals surface area contributed by atoms with Gasteiger partial charge in [0.25, 0.3) is 5.91 Å². The Morgan fingerprint density at radius 1 is 1.29 bits per heavy atom. The van der Waals surface area contributed by atoms with Gasteiger partial charge in [0.15, 0.2) is 5.76 Å². The molecule has 0 spiro atoms. The van der Waals surface area contributed by atoms with Crippen molar-refractivity contribution in [1.29, 1.82) is 0 Å². The topological polar surface area (TPSA) is 70.8 Å². The molecule has 2 rings (SSSR count). The number of rotatable bonds is 5. The fourth-order valence-electron chi connectivity index (χ4n) is 3.03. The summed E-state index contributed by atoms with van der Waals surface area (Å²) in [6.07, 6.45) is 3.31. The van der Waals surface area contributed by atoms with E-state index < -0.39 is 11.4 Å². The van der Waals surface area contributed by atoms with Crippen molar-refractivity contribution >= 4 is 11.9 Å². The Bertz CT molecular complexity index is 512. The van der Waals surface area contributed by atoms with Crippen molar-refractivity contribution in [1.82, 2.24) is 4.90 Å². The van der Waals surface area contributed by atoms with Crippen molar-refractivity contribution in [3.8, 4) is 0 Å². The van der Waals surface area contributed by atoms with Gasteiger partial charge in [0.05, 0.1) is 5.41 Å². The van der Waals surface area contributed by atoms with Crippen LogP contribution >= 0.6 is 0 Å². The van der Waals surface area contributed by atoms with Gasteiger partial charge < -0.3 is 14.4 Å². The maximum Gasteiger partial charge on any atom is 0.309 e. The molecule has 116 valence electrons.